The van der Waals surface area contributed by atoms with E-state index in [9.17, 15) is 0 Å². The monoisotopic (exact) mass is 272 g/mol. The van der Waals surface area contributed by atoms with Crippen molar-refractivity contribution in [2.24, 2.45) is 0 Å². The number of anilines is 1. The standard InChI is InChI=1S/C15H13ClN2O/c1-9-5-10(2)15(7-13(9)18)19-14-4-3-12(16)6-11(14)8-17/h3-7H,18H2,1-2H3. The third-order valence-electron chi connectivity index (χ3n) is 2.85. The van der Waals surface area contributed by atoms with E-state index in [-0.39, 0.29) is 0 Å². The van der Waals surface area contributed by atoms with Gasteiger partial charge in [0, 0.05) is 16.8 Å². The number of halogens is 1. The van der Waals surface area contributed by atoms with Crippen LogP contribution in [-0.4, -0.2) is 0 Å². The Balaban J connectivity index is 2.42. The summed E-state index contributed by atoms with van der Waals surface area (Å²) in [5.41, 5.74) is 8.89. The highest BCUT2D eigenvalue weighted by Gasteiger charge is 2.09. The number of nitriles is 1. The molecule has 0 aliphatic carbocycles. The van der Waals surface area contributed by atoms with E-state index in [0.29, 0.717) is 27.8 Å². The van der Waals surface area contributed by atoms with Crippen molar-refractivity contribution >= 4 is 17.3 Å². The van der Waals surface area contributed by atoms with Crippen LogP contribution in [0, 0.1) is 25.2 Å². The lowest BCUT2D eigenvalue weighted by Gasteiger charge is -2.12. The first-order valence-electron chi connectivity index (χ1n) is 5.75. The molecule has 0 aliphatic heterocycles. The van der Waals surface area contributed by atoms with Crippen molar-refractivity contribution in [2.75, 3.05) is 5.73 Å². The minimum atomic E-state index is 0.394. The van der Waals surface area contributed by atoms with Gasteiger partial charge in [0.1, 0.15) is 17.6 Å². The van der Waals surface area contributed by atoms with Gasteiger partial charge in [-0.25, -0.2) is 0 Å². The van der Waals surface area contributed by atoms with Crippen LogP contribution in [0.1, 0.15) is 16.7 Å². The highest BCUT2D eigenvalue weighted by molar-refractivity contribution is 6.30. The lowest BCUT2D eigenvalue weighted by atomic mass is 10.1. The SMILES string of the molecule is Cc1cc(C)c(Oc2ccc(Cl)cc2C#N)cc1N. The van der Waals surface area contributed by atoms with Crippen LogP contribution in [0.5, 0.6) is 11.5 Å². The maximum absolute atomic E-state index is 9.08. The maximum atomic E-state index is 9.08. The van der Waals surface area contributed by atoms with Gasteiger partial charge in [-0.15, -0.1) is 0 Å². The first kappa shape index (κ1) is 13.3. The van der Waals surface area contributed by atoms with Crippen LogP contribution in [0.4, 0.5) is 5.69 Å². The molecule has 2 rings (SSSR count). The number of hydrogen-bond acceptors (Lipinski definition) is 3. The van der Waals surface area contributed by atoms with E-state index < -0.39 is 0 Å². The van der Waals surface area contributed by atoms with Gasteiger partial charge in [-0.1, -0.05) is 17.7 Å². The molecule has 96 valence electrons. The van der Waals surface area contributed by atoms with Crippen LogP contribution in [0.2, 0.25) is 5.02 Å². The Hall–Kier alpha value is -2.18. The van der Waals surface area contributed by atoms with E-state index in [1.54, 1.807) is 24.3 Å². The van der Waals surface area contributed by atoms with Crippen molar-refractivity contribution < 1.29 is 4.74 Å². The fourth-order valence-electron chi connectivity index (χ4n) is 1.76. The number of aryl methyl sites for hydroxylation is 2. The number of hydrogen-bond donors (Lipinski definition) is 1. The lowest BCUT2D eigenvalue weighted by Crippen LogP contribution is -1.95. The Morgan fingerprint density at radius 3 is 2.53 bits per heavy atom. The fraction of sp³-hybridized carbons (Fsp3) is 0.133. The van der Waals surface area contributed by atoms with Gasteiger partial charge < -0.3 is 10.5 Å². The van der Waals surface area contributed by atoms with E-state index in [1.165, 1.54) is 0 Å². The summed E-state index contributed by atoms with van der Waals surface area (Å²) >= 11 is 5.85. The second kappa shape index (κ2) is 5.21. The third-order valence-corrected chi connectivity index (χ3v) is 3.08. The number of nitrogens with two attached hydrogens (primary N) is 1. The second-order valence-electron chi connectivity index (χ2n) is 4.33. The van der Waals surface area contributed by atoms with Crippen molar-refractivity contribution in [3.8, 4) is 17.6 Å². The van der Waals surface area contributed by atoms with Gasteiger partial charge in [0.15, 0.2) is 0 Å². The summed E-state index contributed by atoms with van der Waals surface area (Å²) in [5.74, 6) is 1.11. The van der Waals surface area contributed by atoms with Crippen LogP contribution in [0.3, 0.4) is 0 Å². The minimum Gasteiger partial charge on any atom is -0.456 e. The molecule has 3 nitrogen and oxygen atoms in total. The molecule has 0 saturated carbocycles. The Kier molecular flexibility index (Phi) is 3.64. The predicted molar refractivity (Wildman–Crippen MR) is 76.6 cm³/mol. The quantitative estimate of drug-likeness (QED) is 0.834. The second-order valence-corrected chi connectivity index (χ2v) is 4.77. The van der Waals surface area contributed by atoms with Crippen molar-refractivity contribution in [3.63, 3.8) is 0 Å². The molecule has 0 atom stereocenters. The van der Waals surface area contributed by atoms with Crippen molar-refractivity contribution in [1.82, 2.24) is 0 Å². The van der Waals surface area contributed by atoms with Gasteiger partial charge in [0.2, 0.25) is 0 Å². The van der Waals surface area contributed by atoms with Crippen LogP contribution in [0.25, 0.3) is 0 Å². The largest absolute Gasteiger partial charge is 0.456 e. The predicted octanol–water partition coefficient (Wildman–Crippen LogP) is 4.20. The summed E-state index contributed by atoms with van der Waals surface area (Å²) in [4.78, 5) is 0. The smallest absolute Gasteiger partial charge is 0.145 e. The van der Waals surface area contributed by atoms with E-state index in [2.05, 4.69) is 6.07 Å². The van der Waals surface area contributed by atoms with Gasteiger partial charge in [0.25, 0.3) is 0 Å². The van der Waals surface area contributed by atoms with Crippen LogP contribution in [-0.2, 0) is 0 Å². The zero-order valence-electron chi connectivity index (χ0n) is 10.7. The molecular formula is C15H13ClN2O. The Labute approximate surface area is 117 Å². The van der Waals surface area contributed by atoms with E-state index in [0.717, 1.165) is 11.1 Å². The molecule has 2 N–H and O–H groups in total. The molecule has 2 aromatic rings. The molecule has 0 radical (unpaired) electrons. The van der Waals surface area contributed by atoms with Crippen molar-refractivity contribution in [1.29, 1.82) is 5.26 Å². The molecule has 0 saturated heterocycles. The van der Waals surface area contributed by atoms with Gasteiger partial charge in [0.05, 0.1) is 5.56 Å². The highest BCUT2D eigenvalue weighted by Crippen LogP contribution is 2.31. The first-order chi connectivity index (χ1) is 9.01. The Bertz CT molecular complexity index is 675. The molecule has 0 unspecified atom stereocenters. The van der Waals surface area contributed by atoms with Crippen molar-refractivity contribution in [2.45, 2.75) is 13.8 Å². The van der Waals surface area contributed by atoms with Gasteiger partial charge in [-0.2, -0.15) is 5.26 Å². The third kappa shape index (κ3) is 2.81. The molecule has 0 heterocycles. The summed E-state index contributed by atoms with van der Waals surface area (Å²) in [6.07, 6.45) is 0. The van der Waals surface area contributed by atoms with Gasteiger partial charge in [-0.3, -0.25) is 0 Å². The molecule has 0 bridgehead atoms. The van der Waals surface area contributed by atoms with Crippen LogP contribution < -0.4 is 10.5 Å². The van der Waals surface area contributed by atoms with Crippen molar-refractivity contribution in [3.05, 3.63) is 52.0 Å². The molecule has 0 spiro atoms. The lowest BCUT2D eigenvalue weighted by molar-refractivity contribution is 0.477. The molecule has 0 aliphatic rings. The molecule has 2 aromatic carbocycles. The molecule has 4 heteroatoms. The average molecular weight is 273 g/mol. The molecular weight excluding hydrogens is 260 g/mol. The number of benzene rings is 2. The average Bonchev–Trinajstić information content (AvgIpc) is 2.37. The molecule has 0 fully saturated rings. The summed E-state index contributed by atoms with van der Waals surface area (Å²) in [7, 11) is 0. The molecule has 0 amide bonds. The molecule has 19 heavy (non-hydrogen) atoms. The Morgan fingerprint density at radius 1 is 1.11 bits per heavy atom. The topological polar surface area (TPSA) is 59.0 Å². The van der Waals surface area contributed by atoms with Crippen LogP contribution in [0.15, 0.2) is 30.3 Å². The van der Waals surface area contributed by atoms with Gasteiger partial charge >= 0.3 is 0 Å². The summed E-state index contributed by atoms with van der Waals surface area (Å²) in [6, 6.07) is 10.7. The minimum absolute atomic E-state index is 0.394. The zero-order chi connectivity index (χ0) is 14.0. The Morgan fingerprint density at radius 2 is 1.84 bits per heavy atom. The van der Waals surface area contributed by atoms with E-state index in [4.69, 9.17) is 27.3 Å². The summed E-state index contributed by atoms with van der Waals surface area (Å²) in [6.45, 7) is 3.87. The van der Waals surface area contributed by atoms with Gasteiger partial charge in [-0.05, 0) is 43.2 Å². The summed E-state index contributed by atoms with van der Waals surface area (Å²) < 4.78 is 5.76. The van der Waals surface area contributed by atoms with E-state index >= 15 is 0 Å². The van der Waals surface area contributed by atoms with Crippen LogP contribution >= 0.6 is 11.6 Å². The zero-order valence-corrected chi connectivity index (χ0v) is 11.5. The molecule has 0 aromatic heterocycles. The number of rotatable bonds is 2. The first-order valence-corrected chi connectivity index (χ1v) is 6.13. The summed E-state index contributed by atoms with van der Waals surface area (Å²) in [5, 5.41) is 9.58. The number of ether oxygens (including phenoxy) is 1. The normalized spacial score (nSPS) is 10.0. The number of nitrogens with zero attached hydrogens (tertiary/aromatic N) is 1. The van der Waals surface area contributed by atoms with E-state index in [1.807, 2.05) is 19.9 Å². The number of nitrogen functional groups attached to an aromatic ring is 1. The highest BCUT2D eigenvalue weighted by atomic mass is 35.5. The fourth-order valence-corrected chi connectivity index (χ4v) is 1.93. The maximum Gasteiger partial charge on any atom is 0.145 e.